The third-order valence-corrected chi connectivity index (χ3v) is 4.82. The van der Waals surface area contributed by atoms with Gasteiger partial charge >= 0.3 is 0 Å². The molecule has 2 N–H and O–H groups in total. The quantitative estimate of drug-likeness (QED) is 0.849. The van der Waals surface area contributed by atoms with Crippen LogP contribution < -0.4 is 5.73 Å². The first kappa shape index (κ1) is 13.6. The van der Waals surface area contributed by atoms with Crippen molar-refractivity contribution in [3.8, 4) is 0 Å². The van der Waals surface area contributed by atoms with Crippen LogP contribution in [-0.2, 0) is 0 Å². The molecular weight excluding hydrogens is 218 g/mol. The lowest BCUT2D eigenvalue weighted by molar-refractivity contribution is 0.235. The van der Waals surface area contributed by atoms with E-state index in [-0.39, 0.29) is 0 Å². The summed E-state index contributed by atoms with van der Waals surface area (Å²) in [7, 11) is 0. The van der Waals surface area contributed by atoms with Crippen molar-refractivity contribution in [2.24, 2.45) is 17.6 Å². The molecule has 0 amide bonds. The highest BCUT2D eigenvalue weighted by molar-refractivity contribution is 5.34. The summed E-state index contributed by atoms with van der Waals surface area (Å²) in [5, 5.41) is 0. The van der Waals surface area contributed by atoms with Gasteiger partial charge in [-0.25, -0.2) is 0 Å². The van der Waals surface area contributed by atoms with Crippen LogP contribution in [0.4, 0.5) is 0 Å². The smallest absolute Gasteiger partial charge is 0.00430 e. The Labute approximate surface area is 112 Å². The van der Waals surface area contributed by atoms with Crippen molar-refractivity contribution in [3.05, 3.63) is 34.9 Å². The van der Waals surface area contributed by atoms with E-state index in [2.05, 4.69) is 39.0 Å². The van der Waals surface area contributed by atoms with E-state index < -0.39 is 0 Å². The van der Waals surface area contributed by atoms with Crippen molar-refractivity contribution >= 4 is 0 Å². The Kier molecular flexibility index (Phi) is 4.45. The summed E-state index contributed by atoms with van der Waals surface area (Å²) >= 11 is 0. The molecular formula is C17H27N. The van der Waals surface area contributed by atoms with Crippen LogP contribution >= 0.6 is 0 Å². The Hall–Kier alpha value is -0.820. The number of benzene rings is 1. The van der Waals surface area contributed by atoms with Gasteiger partial charge in [0, 0.05) is 0 Å². The second kappa shape index (κ2) is 5.88. The Morgan fingerprint density at radius 3 is 2.67 bits per heavy atom. The Morgan fingerprint density at radius 1 is 1.22 bits per heavy atom. The van der Waals surface area contributed by atoms with Crippen molar-refractivity contribution in [1.82, 2.24) is 0 Å². The maximum absolute atomic E-state index is 6.01. The van der Waals surface area contributed by atoms with Crippen LogP contribution in [0, 0.1) is 25.7 Å². The molecule has 0 saturated heterocycles. The van der Waals surface area contributed by atoms with Gasteiger partial charge in [0.1, 0.15) is 0 Å². The molecule has 1 aromatic carbocycles. The molecule has 0 aliphatic heterocycles. The molecule has 0 aromatic heterocycles. The number of rotatable bonds is 3. The van der Waals surface area contributed by atoms with E-state index in [1.165, 1.54) is 36.8 Å². The van der Waals surface area contributed by atoms with Gasteiger partial charge in [-0.3, -0.25) is 0 Å². The van der Waals surface area contributed by atoms with Crippen molar-refractivity contribution in [2.75, 3.05) is 6.54 Å². The zero-order valence-corrected chi connectivity index (χ0v) is 12.1. The number of hydrogen-bond acceptors (Lipinski definition) is 1. The predicted octanol–water partition coefficient (Wildman–Crippen LogP) is 4.17. The lowest BCUT2D eigenvalue weighted by Gasteiger charge is -2.36. The highest BCUT2D eigenvalue weighted by atomic mass is 14.6. The summed E-state index contributed by atoms with van der Waals surface area (Å²) in [5.41, 5.74) is 10.4. The predicted molar refractivity (Wildman–Crippen MR) is 78.8 cm³/mol. The summed E-state index contributed by atoms with van der Waals surface area (Å²) in [6.45, 7) is 7.61. The molecule has 1 saturated carbocycles. The van der Waals surface area contributed by atoms with Gasteiger partial charge in [0.15, 0.2) is 0 Å². The minimum Gasteiger partial charge on any atom is -0.330 e. The van der Waals surface area contributed by atoms with Crippen molar-refractivity contribution in [2.45, 2.75) is 52.4 Å². The van der Waals surface area contributed by atoms with Crippen molar-refractivity contribution in [3.63, 3.8) is 0 Å². The zero-order chi connectivity index (χ0) is 13.1. The summed E-state index contributed by atoms with van der Waals surface area (Å²) in [5.74, 6) is 2.28. The Bertz CT molecular complexity index is 397. The summed E-state index contributed by atoms with van der Waals surface area (Å²) < 4.78 is 0. The average Bonchev–Trinajstić information content (AvgIpc) is 2.40. The summed E-state index contributed by atoms with van der Waals surface area (Å²) in [6, 6.07) is 6.88. The van der Waals surface area contributed by atoms with Crippen LogP contribution in [0.2, 0.25) is 0 Å². The topological polar surface area (TPSA) is 26.0 Å². The first-order valence-corrected chi connectivity index (χ1v) is 7.42. The van der Waals surface area contributed by atoms with Gasteiger partial charge in [0.2, 0.25) is 0 Å². The lowest BCUT2D eigenvalue weighted by atomic mass is 9.69. The van der Waals surface area contributed by atoms with Gasteiger partial charge in [0.05, 0.1) is 0 Å². The molecule has 3 unspecified atom stereocenters. The molecule has 1 aliphatic carbocycles. The molecule has 1 aromatic rings. The zero-order valence-electron chi connectivity index (χ0n) is 12.1. The normalized spacial score (nSPS) is 28.3. The van der Waals surface area contributed by atoms with E-state index in [9.17, 15) is 0 Å². The molecule has 1 heteroatoms. The second-order valence-electron chi connectivity index (χ2n) is 6.05. The molecule has 18 heavy (non-hydrogen) atoms. The second-order valence-corrected chi connectivity index (χ2v) is 6.05. The maximum atomic E-state index is 6.01. The third-order valence-electron chi connectivity index (χ3n) is 4.82. The van der Waals surface area contributed by atoms with Gasteiger partial charge in [-0.15, -0.1) is 0 Å². The van der Waals surface area contributed by atoms with E-state index in [0.29, 0.717) is 11.8 Å². The first-order valence-electron chi connectivity index (χ1n) is 7.42. The van der Waals surface area contributed by atoms with Crippen LogP contribution in [-0.4, -0.2) is 6.54 Å². The molecule has 1 nitrogen and oxygen atoms in total. The van der Waals surface area contributed by atoms with E-state index in [1.54, 1.807) is 5.56 Å². The molecule has 1 aliphatic rings. The van der Waals surface area contributed by atoms with Gasteiger partial charge in [-0.05, 0) is 62.1 Å². The highest BCUT2D eigenvalue weighted by Crippen LogP contribution is 2.42. The minimum absolute atomic E-state index is 0.688. The molecule has 1 fully saturated rings. The maximum Gasteiger partial charge on any atom is -0.00430 e. The van der Waals surface area contributed by atoms with E-state index >= 15 is 0 Å². The molecule has 100 valence electrons. The van der Waals surface area contributed by atoms with E-state index in [1.807, 2.05) is 0 Å². The molecule has 0 bridgehead atoms. The van der Waals surface area contributed by atoms with Crippen LogP contribution in [0.15, 0.2) is 18.2 Å². The molecule has 3 atom stereocenters. The fourth-order valence-corrected chi connectivity index (χ4v) is 3.51. The Balaban J connectivity index is 2.29. The van der Waals surface area contributed by atoms with Gasteiger partial charge in [-0.1, -0.05) is 43.5 Å². The van der Waals surface area contributed by atoms with E-state index in [0.717, 1.165) is 12.5 Å². The minimum atomic E-state index is 0.688. The van der Waals surface area contributed by atoms with Crippen LogP contribution in [0.25, 0.3) is 0 Å². The number of nitrogens with two attached hydrogens (primary N) is 1. The summed E-state index contributed by atoms with van der Waals surface area (Å²) in [4.78, 5) is 0. The number of aryl methyl sites for hydroxylation is 2. The van der Waals surface area contributed by atoms with Crippen molar-refractivity contribution in [1.29, 1.82) is 0 Å². The van der Waals surface area contributed by atoms with Crippen LogP contribution in [0.1, 0.15) is 55.2 Å². The fraction of sp³-hybridized carbons (Fsp3) is 0.647. The fourth-order valence-electron chi connectivity index (χ4n) is 3.51. The lowest BCUT2D eigenvalue weighted by Crippen LogP contribution is -2.29. The Morgan fingerprint density at radius 2 is 2.00 bits per heavy atom. The van der Waals surface area contributed by atoms with Gasteiger partial charge in [-0.2, -0.15) is 0 Å². The SMILES string of the molecule is CCC1CCC(CN)C(c2cc(C)ccc2C)C1. The van der Waals surface area contributed by atoms with Crippen LogP contribution in [0.3, 0.4) is 0 Å². The van der Waals surface area contributed by atoms with Gasteiger partial charge < -0.3 is 5.73 Å². The molecule has 2 rings (SSSR count). The largest absolute Gasteiger partial charge is 0.330 e. The van der Waals surface area contributed by atoms with Crippen molar-refractivity contribution < 1.29 is 0 Å². The molecule has 0 spiro atoms. The highest BCUT2D eigenvalue weighted by Gasteiger charge is 2.30. The summed E-state index contributed by atoms with van der Waals surface area (Å²) in [6.07, 6.45) is 5.34. The first-order chi connectivity index (χ1) is 8.65. The third kappa shape index (κ3) is 2.77. The molecule has 0 radical (unpaired) electrons. The standard InChI is InChI=1S/C17H27N/c1-4-14-7-8-15(11-18)17(10-14)16-9-12(2)5-6-13(16)3/h5-6,9,14-15,17H,4,7-8,10-11,18H2,1-3H3. The molecule has 0 heterocycles. The van der Waals surface area contributed by atoms with Gasteiger partial charge in [0.25, 0.3) is 0 Å². The monoisotopic (exact) mass is 245 g/mol. The average molecular weight is 245 g/mol. The van der Waals surface area contributed by atoms with E-state index in [4.69, 9.17) is 5.73 Å². The van der Waals surface area contributed by atoms with Crippen LogP contribution in [0.5, 0.6) is 0 Å². The number of hydrogen-bond donors (Lipinski definition) is 1.